The number of carbonyl (C=O) groups is 1. The van der Waals surface area contributed by atoms with Crippen molar-refractivity contribution in [3.05, 3.63) is 84.3 Å². The Bertz CT molecular complexity index is 1150. The number of para-hydroxylation sites is 1. The van der Waals surface area contributed by atoms with Gasteiger partial charge < -0.3 is 19.5 Å². The van der Waals surface area contributed by atoms with Crippen LogP contribution < -0.4 is 4.90 Å². The van der Waals surface area contributed by atoms with Crippen LogP contribution in [0.3, 0.4) is 0 Å². The minimum atomic E-state index is -0.372. The highest BCUT2D eigenvalue weighted by molar-refractivity contribution is 5.97. The first-order valence-electron chi connectivity index (χ1n) is 10.2. The molecule has 1 atom stereocenters. The van der Waals surface area contributed by atoms with E-state index in [4.69, 9.17) is 0 Å². The molecule has 152 valence electrons. The number of aryl methyl sites for hydroxylation is 1. The van der Waals surface area contributed by atoms with E-state index in [1.165, 1.54) is 0 Å². The zero-order valence-corrected chi connectivity index (χ0v) is 17.0. The van der Waals surface area contributed by atoms with Crippen molar-refractivity contribution in [3.8, 4) is 11.6 Å². The van der Waals surface area contributed by atoms with Gasteiger partial charge in [0.1, 0.15) is 11.3 Å². The first-order chi connectivity index (χ1) is 14.6. The maximum atomic E-state index is 13.3. The maximum Gasteiger partial charge on any atom is 0.257 e. The highest BCUT2D eigenvalue weighted by Gasteiger charge is 2.50. The number of pyridine rings is 1. The zero-order chi connectivity index (χ0) is 20.9. The largest absolute Gasteiger partial charge is 0.507 e. The van der Waals surface area contributed by atoms with Crippen molar-refractivity contribution in [1.29, 1.82) is 0 Å². The fourth-order valence-corrected chi connectivity index (χ4v) is 4.90. The highest BCUT2D eigenvalue weighted by atomic mass is 16.3. The molecule has 0 aliphatic carbocycles. The number of hydrogen-bond donors (Lipinski definition) is 1. The van der Waals surface area contributed by atoms with E-state index in [9.17, 15) is 9.90 Å². The molecule has 6 heteroatoms. The second-order valence-corrected chi connectivity index (χ2v) is 7.99. The van der Waals surface area contributed by atoms with Crippen molar-refractivity contribution in [1.82, 2.24) is 14.5 Å². The molecule has 6 nitrogen and oxygen atoms in total. The van der Waals surface area contributed by atoms with Gasteiger partial charge in [0.05, 0.1) is 16.9 Å². The molecule has 0 radical (unpaired) electrons. The van der Waals surface area contributed by atoms with Crippen LogP contribution >= 0.6 is 0 Å². The Balaban J connectivity index is 1.58. The topological polar surface area (TPSA) is 61.6 Å². The Labute approximate surface area is 175 Å². The predicted octanol–water partition coefficient (Wildman–Crippen LogP) is 3.63. The number of benzene rings is 1. The molecule has 2 aliphatic heterocycles. The minimum Gasteiger partial charge on any atom is -0.507 e. The van der Waals surface area contributed by atoms with Crippen LogP contribution in [0.15, 0.2) is 67.5 Å². The lowest BCUT2D eigenvalue weighted by Crippen LogP contribution is -2.52. The summed E-state index contributed by atoms with van der Waals surface area (Å²) in [6, 6.07) is 13.5. The molecule has 2 aromatic heterocycles. The predicted molar refractivity (Wildman–Crippen MR) is 116 cm³/mol. The van der Waals surface area contributed by atoms with Gasteiger partial charge in [0.15, 0.2) is 5.82 Å². The van der Waals surface area contributed by atoms with Crippen molar-refractivity contribution < 1.29 is 9.90 Å². The van der Waals surface area contributed by atoms with Gasteiger partial charge in [-0.15, -0.1) is 6.58 Å². The average Bonchev–Trinajstić information content (AvgIpc) is 3.42. The van der Waals surface area contributed by atoms with Gasteiger partial charge in [0.2, 0.25) is 0 Å². The molecule has 1 aromatic carbocycles. The second kappa shape index (κ2) is 6.76. The number of hydrogen-bond acceptors (Lipinski definition) is 4. The van der Waals surface area contributed by atoms with E-state index in [0.717, 1.165) is 23.6 Å². The summed E-state index contributed by atoms with van der Waals surface area (Å²) in [5.74, 6) is 0.820. The number of anilines is 1. The molecule has 5 rings (SSSR count). The zero-order valence-electron chi connectivity index (χ0n) is 17.0. The molecule has 1 fully saturated rings. The third-order valence-corrected chi connectivity index (χ3v) is 6.34. The Morgan fingerprint density at radius 2 is 2.13 bits per heavy atom. The van der Waals surface area contributed by atoms with Crippen molar-refractivity contribution in [2.24, 2.45) is 0 Å². The third kappa shape index (κ3) is 2.49. The quantitative estimate of drug-likeness (QED) is 0.682. The molecule has 0 saturated carbocycles. The Hall–Kier alpha value is -3.54. The normalized spacial score (nSPS) is 19.6. The number of phenolic OH excluding ortho intramolecular Hbond substituents is 1. The summed E-state index contributed by atoms with van der Waals surface area (Å²) in [4.78, 5) is 22.1. The van der Waals surface area contributed by atoms with Gasteiger partial charge in [-0.05, 0) is 49.2 Å². The van der Waals surface area contributed by atoms with Crippen LogP contribution in [0.1, 0.15) is 28.0 Å². The lowest BCUT2D eigenvalue weighted by Gasteiger charge is -2.46. The summed E-state index contributed by atoms with van der Waals surface area (Å²) in [7, 11) is 0. The fourth-order valence-electron chi connectivity index (χ4n) is 4.90. The number of amides is 1. The molecule has 3 aromatic rings. The van der Waals surface area contributed by atoms with Crippen molar-refractivity contribution in [3.63, 3.8) is 0 Å². The summed E-state index contributed by atoms with van der Waals surface area (Å²) >= 11 is 0. The molecule has 0 bridgehead atoms. The number of fused-ring (bicyclic) bond motifs is 4. The molecule has 2 aliphatic rings. The van der Waals surface area contributed by atoms with Gasteiger partial charge in [0.25, 0.3) is 5.91 Å². The third-order valence-electron chi connectivity index (χ3n) is 6.34. The van der Waals surface area contributed by atoms with Crippen LogP contribution in [0.4, 0.5) is 5.69 Å². The van der Waals surface area contributed by atoms with E-state index in [2.05, 4.69) is 33.2 Å². The van der Waals surface area contributed by atoms with Crippen molar-refractivity contribution in [2.75, 3.05) is 24.5 Å². The number of carbonyl (C=O) groups excluding carboxylic acids is 1. The van der Waals surface area contributed by atoms with E-state index in [1.807, 2.05) is 35.4 Å². The minimum absolute atomic E-state index is 0.0629. The highest BCUT2D eigenvalue weighted by Crippen LogP contribution is 2.47. The second-order valence-electron chi connectivity index (χ2n) is 7.99. The molecular weight excluding hydrogens is 376 g/mol. The van der Waals surface area contributed by atoms with Gasteiger partial charge in [-0.2, -0.15) is 0 Å². The van der Waals surface area contributed by atoms with E-state index in [0.29, 0.717) is 30.8 Å². The summed E-state index contributed by atoms with van der Waals surface area (Å²) < 4.78 is 2.13. The number of aromatic nitrogens is 2. The fraction of sp³-hybridized carbons (Fsp3) is 0.250. The van der Waals surface area contributed by atoms with Crippen molar-refractivity contribution >= 4 is 11.6 Å². The van der Waals surface area contributed by atoms with E-state index in [-0.39, 0.29) is 17.2 Å². The van der Waals surface area contributed by atoms with Crippen LogP contribution in [0, 0.1) is 6.92 Å². The van der Waals surface area contributed by atoms with Gasteiger partial charge in [-0.1, -0.05) is 18.2 Å². The van der Waals surface area contributed by atoms with Crippen LogP contribution in [-0.4, -0.2) is 45.1 Å². The van der Waals surface area contributed by atoms with E-state index >= 15 is 0 Å². The Morgan fingerprint density at radius 1 is 1.27 bits per heavy atom. The Kier molecular flexibility index (Phi) is 4.17. The molecule has 1 unspecified atom stereocenters. The molecule has 1 saturated heterocycles. The van der Waals surface area contributed by atoms with Crippen LogP contribution in [0.25, 0.3) is 5.82 Å². The number of rotatable bonds is 3. The van der Waals surface area contributed by atoms with Crippen LogP contribution in [0.5, 0.6) is 5.75 Å². The summed E-state index contributed by atoms with van der Waals surface area (Å²) in [6.45, 7) is 7.57. The van der Waals surface area contributed by atoms with Crippen LogP contribution in [-0.2, 0) is 5.54 Å². The van der Waals surface area contributed by atoms with Gasteiger partial charge in [-0.3, -0.25) is 4.79 Å². The van der Waals surface area contributed by atoms with E-state index < -0.39 is 0 Å². The lowest BCUT2D eigenvalue weighted by molar-refractivity contribution is 0.0779. The average molecular weight is 400 g/mol. The lowest BCUT2D eigenvalue weighted by atomic mass is 9.89. The smallest absolute Gasteiger partial charge is 0.257 e. The van der Waals surface area contributed by atoms with Gasteiger partial charge in [-0.25, -0.2) is 4.98 Å². The first kappa shape index (κ1) is 18.5. The first-order valence-corrected chi connectivity index (χ1v) is 10.2. The number of phenols is 1. The summed E-state index contributed by atoms with van der Waals surface area (Å²) in [5, 5.41) is 10.4. The molecular formula is C24H24N4O2. The molecule has 1 spiro atoms. The Morgan fingerprint density at radius 3 is 2.97 bits per heavy atom. The standard InChI is InChI=1S/C24H24N4O2/c1-3-13-28-19-9-5-12-25-22(19)27-14-6-10-20(27)24(28)11-15-26(16-24)23(30)18-8-4-7-17(2)21(18)29/h3-10,12,14,29H,1,11,13,15-16H2,2H3. The van der Waals surface area contributed by atoms with Gasteiger partial charge >= 0.3 is 0 Å². The molecule has 1 N–H and O–H groups in total. The van der Waals surface area contributed by atoms with E-state index in [1.54, 1.807) is 25.3 Å². The van der Waals surface area contributed by atoms with Crippen LogP contribution in [0.2, 0.25) is 0 Å². The van der Waals surface area contributed by atoms with Gasteiger partial charge in [0, 0.05) is 32.0 Å². The molecule has 30 heavy (non-hydrogen) atoms. The number of aromatic hydroxyl groups is 1. The molecule has 4 heterocycles. The summed E-state index contributed by atoms with van der Waals surface area (Å²) in [5.41, 5.74) is 2.85. The number of likely N-dealkylation sites (tertiary alicyclic amines) is 1. The summed E-state index contributed by atoms with van der Waals surface area (Å²) in [6.07, 6.45) is 6.52. The number of nitrogens with zero attached hydrogens (tertiary/aromatic N) is 4. The van der Waals surface area contributed by atoms with Crippen molar-refractivity contribution in [2.45, 2.75) is 18.9 Å². The monoisotopic (exact) mass is 400 g/mol. The SMILES string of the molecule is C=CCN1c2cccnc2-n2cccc2C12CCN(C(=O)c1cccc(C)c1O)C2. The molecule has 1 amide bonds. The maximum absolute atomic E-state index is 13.3.